The number of rotatable bonds is 5. The van der Waals surface area contributed by atoms with Crippen LogP contribution in [0.4, 0.5) is 13.2 Å². The van der Waals surface area contributed by atoms with Crippen molar-refractivity contribution >= 4 is 21.9 Å². The Morgan fingerprint density at radius 3 is 2.52 bits per heavy atom. The minimum Gasteiger partial charge on any atom is -0.466 e. The first-order chi connectivity index (χ1) is 9.82. The van der Waals surface area contributed by atoms with Crippen molar-refractivity contribution in [3.05, 3.63) is 28.8 Å². The van der Waals surface area contributed by atoms with Gasteiger partial charge in [0.15, 0.2) is 0 Å². The molecule has 0 aromatic heterocycles. The van der Waals surface area contributed by atoms with Crippen LogP contribution in [-0.2, 0) is 21.3 Å². The van der Waals surface area contributed by atoms with Gasteiger partial charge in [-0.25, -0.2) is 0 Å². The fourth-order valence-corrected chi connectivity index (χ4v) is 2.34. The number of carbonyl (C=O) groups is 1. The van der Waals surface area contributed by atoms with Gasteiger partial charge in [-0.15, -0.1) is 13.2 Å². The molecule has 0 saturated carbocycles. The van der Waals surface area contributed by atoms with E-state index < -0.39 is 24.5 Å². The third-order valence-corrected chi connectivity index (χ3v) is 3.06. The number of carbonyl (C=O) groups excluding carboxylic acids is 1. The molecule has 0 aliphatic carbocycles. The first-order valence-electron chi connectivity index (χ1n) is 5.84. The van der Waals surface area contributed by atoms with Gasteiger partial charge >= 0.3 is 12.3 Å². The Kier molecular flexibility index (Phi) is 6.03. The zero-order valence-electron chi connectivity index (χ0n) is 11.0. The maximum Gasteiger partial charge on any atom is 0.573 e. The van der Waals surface area contributed by atoms with Crippen LogP contribution in [0.2, 0.25) is 0 Å². The minimum absolute atomic E-state index is 0.0123. The molecule has 8 heteroatoms. The Morgan fingerprint density at radius 2 is 2.05 bits per heavy atom. The number of benzene rings is 1. The smallest absolute Gasteiger partial charge is 0.466 e. The van der Waals surface area contributed by atoms with Crippen molar-refractivity contribution in [2.45, 2.75) is 25.0 Å². The van der Waals surface area contributed by atoms with E-state index in [2.05, 4.69) is 20.7 Å². The highest BCUT2D eigenvalue weighted by Gasteiger charge is 2.33. The van der Waals surface area contributed by atoms with Gasteiger partial charge in [0.1, 0.15) is 5.75 Å². The van der Waals surface area contributed by atoms with Gasteiger partial charge in [-0.3, -0.25) is 4.79 Å². The van der Waals surface area contributed by atoms with E-state index >= 15 is 0 Å². The van der Waals surface area contributed by atoms with E-state index in [0.717, 1.165) is 6.07 Å². The van der Waals surface area contributed by atoms with Crippen molar-refractivity contribution in [3.63, 3.8) is 0 Å². The van der Waals surface area contributed by atoms with E-state index in [-0.39, 0.29) is 28.6 Å². The summed E-state index contributed by atoms with van der Waals surface area (Å²) in [4.78, 5) is 11.5. The number of nitriles is 1. The van der Waals surface area contributed by atoms with E-state index in [4.69, 9.17) is 10.00 Å². The summed E-state index contributed by atoms with van der Waals surface area (Å²) >= 11 is 3.10. The molecule has 0 aliphatic rings. The monoisotopic (exact) mass is 365 g/mol. The molecule has 0 amide bonds. The third kappa shape index (κ3) is 4.93. The molecule has 0 fully saturated rings. The number of nitrogens with zero attached hydrogens (tertiary/aromatic N) is 1. The number of esters is 1. The molecule has 21 heavy (non-hydrogen) atoms. The average molecular weight is 366 g/mol. The summed E-state index contributed by atoms with van der Waals surface area (Å²) in [5, 5.41) is 9.10. The highest BCUT2D eigenvalue weighted by Crippen LogP contribution is 2.32. The molecule has 0 aliphatic heterocycles. The van der Waals surface area contributed by atoms with E-state index in [0.29, 0.717) is 0 Å². The minimum atomic E-state index is -4.89. The lowest BCUT2D eigenvalue weighted by atomic mass is 9.99. The predicted molar refractivity (Wildman–Crippen MR) is 70.8 cm³/mol. The summed E-state index contributed by atoms with van der Waals surface area (Å²) < 4.78 is 45.9. The average Bonchev–Trinajstić information content (AvgIpc) is 2.39. The van der Waals surface area contributed by atoms with Gasteiger partial charge in [0.05, 0.1) is 24.7 Å². The molecule has 0 atom stereocenters. The molecule has 0 saturated heterocycles. The van der Waals surface area contributed by atoms with Crippen molar-refractivity contribution < 1.29 is 27.4 Å². The van der Waals surface area contributed by atoms with Gasteiger partial charge < -0.3 is 9.47 Å². The summed E-state index contributed by atoms with van der Waals surface area (Å²) in [6, 6.07) is 4.10. The highest BCUT2D eigenvalue weighted by atomic mass is 79.9. The van der Waals surface area contributed by atoms with E-state index in [1.54, 1.807) is 6.92 Å². The molecule has 1 aromatic rings. The molecule has 1 rings (SSSR count). The van der Waals surface area contributed by atoms with E-state index in [1.807, 2.05) is 6.07 Å². The van der Waals surface area contributed by atoms with Crippen LogP contribution < -0.4 is 4.74 Å². The molecule has 114 valence electrons. The van der Waals surface area contributed by atoms with Crippen LogP contribution in [0.5, 0.6) is 5.75 Å². The van der Waals surface area contributed by atoms with Crippen molar-refractivity contribution in [1.82, 2.24) is 0 Å². The van der Waals surface area contributed by atoms with Crippen LogP contribution in [0.3, 0.4) is 0 Å². The quantitative estimate of drug-likeness (QED) is 0.592. The number of hydrogen-bond acceptors (Lipinski definition) is 4. The summed E-state index contributed by atoms with van der Waals surface area (Å²) in [5.41, 5.74) is 0.426. The number of hydrogen-bond donors (Lipinski definition) is 0. The zero-order valence-corrected chi connectivity index (χ0v) is 12.5. The molecule has 0 heterocycles. The lowest BCUT2D eigenvalue weighted by Gasteiger charge is -2.16. The molecule has 4 nitrogen and oxygen atoms in total. The summed E-state index contributed by atoms with van der Waals surface area (Å²) in [6.45, 7) is 1.69. The third-order valence-electron chi connectivity index (χ3n) is 2.49. The lowest BCUT2D eigenvalue weighted by Crippen LogP contribution is -2.20. The molecule has 0 bridgehead atoms. The zero-order chi connectivity index (χ0) is 16.0. The normalized spacial score (nSPS) is 10.9. The summed E-state index contributed by atoms with van der Waals surface area (Å²) in [5.74, 6) is -1.20. The maximum atomic E-state index is 12.4. The first-order valence-corrected chi connectivity index (χ1v) is 6.96. The fourth-order valence-electron chi connectivity index (χ4n) is 1.70. The maximum absolute atomic E-state index is 12.4. The lowest BCUT2D eigenvalue weighted by molar-refractivity contribution is -0.275. The molecule has 0 unspecified atom stereocenters. The first kappa shape index (κ1) is 17.3. The number of alkyl halides is 4. The Hall–Kier alpha value is -1.75. The van der Waals surface area contributed by atoms with Crippen LogP contribution in [0.1, 0.15) is 23.6 Å². The molecule has 1 aromatic carbocycles. The molecule has 0 N–H and O–H groups in total. The van der Waals surface area contributed by atoms with Gasteiger partial charge in [0, 0.05) is 10.9 Å². The van der Waals surface area contributed by atoms with Crippen LogP contribution in [0, 0.1) is 11.3 Å². The van der Waals surface area contributed by atoms with Gasteiger partial charge in [-0.05, 0) is 24.6 Å². The van der Waals surface area contributed by atoms with Gasteiger partial charge in [-0.2, -0.15) is 5.26 Å². The van der Waals surface area contributed by atoms with Gasteiger partial charge in [0.25, 0.3) is 0 Å². The molecular formula is C13H11BrF3NO3. The molecule has 0 spiro atoms. The van der Waals surface area contributed by atoms with Crippen LogP contribution >= 0.6 is 15.9 Å². The van der Waals surface area contributed by atoms with Crippen molar-refractivity contribution in [1.29, 1.82) is 5.26 Å². The Morgan fingerprint density at radius 1 is 1.38 bits per heavy atom. The Labute approximate surface area is 127 Å². The molecule has 0 radical (unpaired) electrons. The van der Waals surface area contributed by atoms with Gasteiger partial charge in [-0.1, -0.05) is 15.9 Å². The van der Waals surface area contributed by atoms with Crippen molar-refractivity contribution in [2.24, 2.45) is 0 Å². The standard InChI is InChI=1S/C13H11BrF3NO3/c1-2-20-12(19)5-9-10(6-14)8(7-18)3-4-11(9)21-13(15,16)17/h3-4H,2,5-6H2,1H3. The van der Waals surface area contributed by atoms with Crippen LogP contribution in [-0.4, -0.2) is 18.9 Å². The topological polar surface area (TPSA) is 59.3 Å². The largest absolute Gasteiger partial charge is 0.573 e. The van der Waals surface area contributed by atoms with E-state index in [1.165, 1.54) is 6.07 Å². The number of ether oxygens (including phenoxy) is 2. The number of halogens is 4. The van der Waals surface area contributed by atoms with E-state index in [9.17, 15) is 18.0 Å². The molecular weight excluding hydrogens is 355 g/mol. The van der Waals surface area contributed by atoms with Crippen LogP contribution in [0.25, 0.3) is 0 Å². The van der Waals surface area contributed by atoms with Crippen molar-refractivity contribution in [3.8, 4) is 11.8 Å². The second kappa shape index (κ2) is 7.31. The van der Waals surface area contributed by atoms with Crippen LogP contribution in [0.15, 0.2) is 12.1 Å². The SMILES string of the molecule is CCOC(=O)Cc1c(OC(F)(F)F)ccc(C#N)c1CBr. The second-order valence-electron chi connectivity index (χ2n) is 3.84. The van der Waals surface area contributed by atoms with Gasteiger partial charge in [0.2, 0.25) is 0 Å². The fraction of sp³-hybridized carbons (Fsp3) is 0.385. The predicted octanol–water partition coefficient (Wildman–Crippen LogP) is 3.46. The summed E-state index contributed by atoms with van der Waals surface area (Å²) in [6.07, 6.45) is -5.29. The second-order valence-corrected chi connectivity index (χ2v) is 4.40. The summed E-state index contributed by atoms with van der Waals surface area (Å²) in [7, 11) is 0. The Balaban J connectivity index is 3.30. The van der Waals surface area contributed by atoms with Crippen molar-refractivity contribution in [2.75, 3.05) is 6.61 Å². The highest BCUT2D eigenvalue weighted by molar-refractivity contribution is 9.08. The Bertz CT molecular complexity index is 567.